The molecular weight excluding hydrogens is 264 g/mol. The summed E-state index contributed by atoms with van der Waals surface area (Å²) in [7, 11) is 0. The van der Waals surface area contributed by atoms with E-state index < -0.39 is 0 Å². The minimum Gasteiger partial charge on any atom is -0.441 e. The molecule has 0 aliphatic carbocycles. The zero-order chi connectivity index (χ0) is 13.9. The Labute approximate surface area is 119 Å². The first-order valence-corrected chi connectivity index (χ1v) is 7.19. The number of hydrogen-bond acceptors (Lipinski definition) is 3. The third kappa shape index (κ3) is 3.31. The summed E-state index contributed by atoms with van der Waals surface area (Å²) >= 11 is 5.60. The molecular formula is C14H21ClN2O2. The van der Waals surface area contributed by atoms with Crippen LogP contribution in [0.4, 0.5) is 4.79 Å². The molecule has 2 saturated heterocycles. The van der Waals surface area contributed by atoms with Gasteiger partial charge in [0.2, 0.25) is 0 Å². The normalized spacial score (nSPS) is 23.3. The quantitative estimate of drug-likeness (QED) is 0.588. The number of halogens is 1. The maximum Gasteiger partial charge on any atom is 0.414 e. The van der Waals surface area contributed by atoms with Crippen molar-refractivity contribution >= 4 is 17.7 Å². The van der Waals surface area contributed by atoms with Crippen LogP contribution in [-0.4, -0.2) is 53.6 Å². The summed E-state index contributed by atoms with van der Waals surface area (Å²) < 4.78 is 5.60. The van der Waals surface area contributed by atoms with Crippen molar-refractivity contribution in [3.05, 3.63) is 24.4 Å². The molecule has 0 unspecified atom stereocenters. The molecule has 0 aromatic rings. The molecule has 19 heavy (non-hydrogen) atoms. The monoisotopic (exact) mass is 284 g/mol. The van der Waals surface area contributed by atoms with Crippen LogP contribution in [0, 0.1) is 0 Å². The van der Waals surface area contributed by atoms with Crippen LogP contribution in [0.1, 0.15) is 19.8 Å². The van der Waals surface area contributed by atoms with Crippen molar-refractivity contribution in [2.45, 2.75) is 25.4 Å². The molecule has 0 aromatic carbocycles. The van der Waals surface area contributed by atoms with Gasteiger partial charge in [-0.25, -0.2) is 4.79 Å². The third-order valence-electron chi connectivity index (χ3n) is 3.82. The number of alkyl halides is 1. The molecule has 0 N–H and O–H groups in total. The molecule has 2 fully saturated rings. The molecule has 0 saturated carbocycles. The fraction of sp³-hybridized carbons (Fsp3) is 0.643. The van der Waals surface area contributed by atoms with E-state index in [0.29, 0.717) is 12.4 Å². The Bertz CT molecular complexity index is 387. The van der Waals surface area contributed by atoms with Gasteiger partial charge in [0.05, 0.1) is 6.54 Å². The van der Waals surface area contributed by atoms with Crippen molar-refractivity contribution < 1.29 is 9.53 Å². The first-order chi connectivity index (χ1) is 9.06. The van der Waals surface area contributed by atoms with Gasteiger partial charge >= 0.3 is 6.09 Å². The number of likely N-dealkylation sites (tertiary alicyclic amines) is 1. The summed E-state index contributed by atoms with van der Waals surface area (Å²) in [6, 6.07) is 0. The smallest absolute Gasteiger partial charge is 0.414 e. The third-order valence-corrected chi connectivity index (χ3v) is 4.00. The van der Waals surface area contributed by atoms with Gasteiger partial charge in [-0.3, -0.25) is 9.80 Å². The molecule has 0 aromatic heterocycles. The van der Waals surface area contributed by atoms with Crippen LogP contribution in [0.15, 0.2) is 24.4 Å². The Morgan fingerprint density at radius 2 is 2.16 bits per heavy atom. The molecule has 5 heteroatoms. The van der Waals surface area contributed by atoms with E-state index in [1.54, 1.807) is 4.90 Å². The lowest BCUT2D eigenvalue weighted by molar-refractivity contribution is 0.00340. The summed E-state index contributed by atoms with van der Waals surface area (Å²) in [5, 5.41) is 0. The standard InChI is InChI=1S/C14H21ClN2O2/c1-12(2)17-11-14(19-13(17)18)5-9-16(10-6-14)8-4-3-7-15/h3-4H,1,5-11H2,2H3/b4-3+. The Kier molecular flexibility index (Phi) is 4.53. The molecule has 2 aliphatic rings. The zero-order valence-corrected chi connectivity index (χ0v) is 12.2. The van der Waals surface area contributed by atoms with Crippen LogP contribution in [0.2, 0.25) is 0 Å². The van der Waals surface area contributed by atoms with Crippen LogP contribution in [-0.2, 0) is 4.74 Å². The number of nitrogens with zero attached hydrogens (tertiary/aromatic N) is 2. The van der Waals surface area contributed by atoms with E-state index in [0.717, 1.165) is 38.2 Å². The van der Waals surface area contributed by atoms with Crippen LogP contribution >= 0.6 is 11.6 Å². The van der Waals surface area contributed by atoms with E-state index in [2.05, 4.69) is 17.6 Å². The van der Waals surface area contributed by atoms with E-state index in [4.69, 9.17) is 16.3 Å². The van der Waals surface area contributed by atoms with Gasteiger partial charge in [-0.15, -0.1) is 11.6 Å². The maximum absolute atomic E-state index is 11.8. The predicted octanol–water partition coefficient (Wildman–Crippen LogP) is 2.60. The van der Waals surface area contributed by atoms with Crippen molar-refractivity contribution in [2.75, 3.05) is 32.1 Å². The van der Waals surface area contributed by atoms with Crippen molar-refractivity contribution in [2.24, 2.45) is 0 Å². The highest BCUT2D eigenvalue weighted by Gasteiger charge is 2.46. The zero-order valence-electron chi connectivity index (χ0n) is 11.4. The molecule has 106 valence electrons. The minimum atomic E-state index is -0.303. The Morgan fingerprint density at radius 3 is 2.68 bits per heavy atom. The molecule has 1 spiro atoms. The van der Waals surface area contributed by atoms with Crippen molar-refractivity contribution in [3.8, 4) is 0 Å². The van der Waals surface area contributed by atoms with Crippen LogP contribution in [0.5, 0.6) is 0 Å². The van der Waals surface area contributed by atoms with Gasteiger partial charge < -0.3 is 4.74 Å². The van der Waals surface area contributed by atoms with Gasteiger partial charge in [0, 0.05) is 44.1 Å². The molecule has 0 bridgehead atoms. The summed E-state index contributed by atoms with van der Waals surface area (Å²) in [6.07, 6.45) is 5.58. The van der Waals surface area contributed by atoms with Crippen molar-refractivity contribution in [3.63, 3.8) is 0 Å². The molecule has 2 rings (SSSR count). The number of amides is 1. The highest BCUT2D eigenvalue weighted by atomic mass is 35.5. The molecule has 0 atom stereocenters. The second-order valence-corrected chi connectivity index (χ2v) is 5.61. The topological polar surface area (TPSA) is 32.8 Å². The largest absolute Gasteiger partial charge is 0.441 e. The number of rotatable bonds is 4. The van der Waals surface area contributed by atoms with Gasteiger partial charge in [-0.1, -0.05) is 18.7 Å². The number of hydrogen-bond donors (Lipinski definition) is 0. The van der Waals surface area contributed by atoms with Crippen molar-refractivity contribution in [1.29, 1.82) is 0 Å². The number of piperidine rings is 1. The fourth-order valence-corrected chi connectivity index (χ4v) is 2.73. The highest BCUT2D eigenvalue weighted by Crippen LogP contribution is 2.34. The molecule has 2 heterocycles. The molecule has 0 radical (unpaired) electrons. The van der Waals surface area contributed by atoms with Crippen LogP contribution in [0.25, 0.3) is 0 Å². The number of ether oxygens (including phenoxy) is 1. The number of carbonyl (C=O) groups excluding carboxylic acids is 1. The highest BCUT2D eigenvalue weighted by molar-refractivity contribution is 6.18. The molecule has 1 amide bonds. The maximum atomic E-state index is 11.8. The van der Waals surface area contributed by atoms with E-state index in [9.17, 15) is 4.79 Å². The summed E-state index contributed by atoms with van der Waals surface area (Å²) in [6.45, 7) is 9.12. The van der Waals surface area contributed by atoms with E-state index >= 15 is 0 Å². The van der Waals surface area contributed by atoms with Gasteiger partial charge in [0.1, 0.15) is 5.60 Å². The number of carbonyl (C=O) groups is 1. The van der Waals surface area contributed by atoms with E-state index in [1.165, 1.54) is 0 Å². The lowest BCUT2D eigenvalue weighted by Crippen LogP contribution is -2.46. The molecule has 2 aliphatic heterocycles. The Hall–Kier alpha value is -1.00. The summed E-state index contributed by atoms with van der Waals surface area (Å²) in [4.78, 5) is 15.8. The SMILES string of the molecule is C=C(C)N1CC2(CCN(C/C=C/CCl)CC2)OC1=O. The summed E-state index contributed by atoms with van der Waals surface area (Å²) in [5.41, 5.74) is 0.456. The molecule has 4 nitrogen and oxygen atoms in total. The van der Waals surface area contributed by atoms with Gasteiger partial charge in [0.25, 0.3) is 0 Å². The summed E-state index contributed by atoms with van der Waals surface area (Å²) in [5.74, 6) is 0.558. The Balaban J connectivity index is 1.88. The van der Waals surface area contributed by atoms with Gasteiger partial charge in [-0.2, -0.15) is 0 Å². The van der Waals surface area contributed by atoms with Crippen LogP contribution in [0.3, 0.4) is 0 Å². The van der Waals surface area contributed by atoms with E-state index in [1.807, 2.05) is 13.0 Å². The fourth-order valence-electron chi connectivity index (χ4n) is 2.61. The van der Waals surface area contributed by atoms with E-state index in [-0.39, 0.29) is 11.7 Å². The first-order valence-electron chi connectivity index (χ1n) is 6.66. The average molecular weight is 285 g/mol. The minimum absolute atomic E-state index is 0.247. The van der Waals surface area contributed by atoms with Crippen LogP contribution < -0.4 is 0 Å². The Morgan fingerprint density at radius 1 is 1.47 bits per heavy atom. The van der Waals surface area contributed by atoms with Gasteiger partial charge in [0.15, 0.2) is 0 Å². The number of allylic oxidation sites excluding steroid dienone is 2. The van der Waals surface area contributed by atoms with Gasteiger partial charge in [-0.05, 0) is 6.92 Å². The second-order valence-electron chi connectivity index (χ2n) is 5.30. The average Bonchev–Trinajstić information content (AvgIpc) is 2.70. The lowest BCUT2D eigenvalue weighted by Gasteiger charge is -2.36. The second kappa shape index (κ2) is 5.97. The lowest BCUT2D eigenvalue weighted by atomic mass is 9.91. The predicted molar refractivity (Wildman–Crippen MR) is 76.3 cm³/mol. The first kappa shape index (κ1) is 14.4. The van der Waals surface area contributed by atoms with Crippen molar-refractivity contribution in [1.82, 2.24) is 9.80 Å².